The van der Waals surface area contributed by atoms with Gasteiger partial charge in [-0.3, -0.25) is 0 Å². The summed E-state index contributed by atoms with van der Waals surface area (Å²) < 4.78 is 2.09. The molecule has 0 aliphatic carbocycles. The highest BCUT2D eigenvalue weighted by atomic mass is 32.1. The second-order valence-electron chi connectivity index (χ2n) is 6.29. The van der Waals surface area contributed by atoms with Gasteiger partial charge in [-0.1, -0.05) is 0 Å². The number of rotatable bonds is 6. The van der Waals surface area contributed by atoms with Crippen LogP contribution in [0.4, 0.5) is 5.82 Å². The first-order valence-corrected chi connectivity index (χ1v) is 8.75. The third-order valence-corrected chi connectivity index (χ3v) is 4.93. The smallest absolute Gasteiger partial charge is 0.124 e. The number of aryl methyl sites for hydroxylation is 1. The van der Waals surface area contributed by atoms with Gasteiger partial charge >= 0.3 is 0 Å². The molecule has 6 heteroatoms. The molecule has 1 aliphatic rings. The number of fused-ring (bicyclic) bond motifs is 1. The second-order valence-corrected chi connectivity index (χ2v) is 7.07. The van der Waals surface area contributed by atoms with Crippen LogP contribution < -0.4 is 10.6 Å². The molecule has 0 radical (unpaired) electrons. The maximum Gasteiger partial charge on any atom is 0.124 e. The lowest BCUT2D eigenvalue weighted by molar-refractivity contribution is 0.280. The van der Waals surface area contributed by atoms with Crippen LogP contribution in [-0.2, 0) is 6.54 Å². The molecule has 0 amide bonds. The molecular weight excluding hydrogens is 294 g/mol. The van der Waals surface area contributed by atoms with Crippen molar-refractivity contribution in [3.8, 4) is 0 Å². The molecule has 3 rings (SSSR count). The van der Waals surface area contributed by atoms with Crippen LogP contribution in [0.3, 0.4) is 0 Å². The Bertz CT molecular complexity index is 590. The summed E-state index contributed by atoms with van der Waals surface area (Å²) in [6.45, 7) is 6.05. The molecule has 0 saturated carbocycles. The van der Waals surface area contributed by atoms with Gasteiger partial charge in [0.25, 0.3) is 0 Å². The minimum absolute atomic E-state index is 0.435. The summed E-state index contributed by atoms with van der Waals surface area (Å²) in [5, 5.41) is 16.0. The van der Waals surface area contributed by atoms with Gasteiger partial charge < -0.3 is 15.5 Å². The van der Waals surface area contributed by atoms with Gasteiger partial charge in [0.2, 0.25) is 0 Å². The molecular formula is C16H25N5S. The summed E-state index contributed by atoms with van der Waals surface area (Å²) in [5.74, 6) is 1.73. The Morgan fingerprint density at radius 1 is 1.55 bits per heavy atom. The summed E-state index contributed by atoms with van der Waals surface area (Å²) in [7, 11) is 4.29. The van der Waals surface area contributed by atoms with E-state index in [1.54, 1.807) is 11.3 Å². The summed E-state index contributed by atoms with van der Waals surface area (Å²) in [4.78, 5) is 2.28. The minimum atomic E-state index is 0.435. The van der Waals surface area contributed by atoms with Crippen LogP contribution in [-0.4, -0.2) is 48.4 Å². The highest BCUT2D eigenvalue weighted by Gasteiger charge is 2.20. The van der Waals surface area contributed by atoms with Crippen LogP contribution in [0, 0.1) is 12.8 Å². The van der Waals surface area contributed by atoms with E-state index in [9.17, 15) is 0 Å². The van der Waals surface area contributed by atoms with Crippen molar-refractivity contribution in [2.75, 3.05) is 39.0 Å². The zero-order valence-corrected chi connectivity index (χ0v) is 14.4. The fourth-order valence-electron chi connectivity index (χ4n) is 3.01. The Morgan fingerprint density at radius 2 is 2.41 bits per heavy atom. The van der Waals surface area contributed by atoms with Crippen molar-refractivity contribution in [2.24, 2.45) is 5.92 Å². The predicted octanol–water partition coefficient (Wildman–Crippen LogP) is 2.19. The number of aromatic nitrogens is 2. The second kappa shape index (κ2) is 6.81. The molecule has 2 atom stereocenters. The van der Waals surface area contributed by atoms with Crippen molar-refractivity contribution in [3.05, 3.63) is 34.2 Å². The van der Waals surface area contributed by atoms with Crippen LogP contribution in [0.25, 0.3) is 0 Å². The third-order valence-electron chi connectivity index (χ3n) is 4.23. The molecule has 0 spiro atoms. The lowest BCUT2D eigenvalue weighted by atomic mass is 10.1. The minimum Gasteiger partial charge on any atom is -0.370 e. The fourth-order valence-corrected chi connectivity index (χ4v) is 3.72. The van der Waals surface area contributed by atoms with E-state index in [4.69, 9.17) is 0 Å². The molecule has 5 nitrogen and oxygen atoms in total. The van der Waals surface area contributed by atoms with Gasteiger partial charge in [0.05, 0.1) is 5.69 Å². The maximum absolute atomic E-state index is 4.53. The van der Waals surface area contributed by atoms with Gasteiger partial charge in [-0.25, -0.2) is 4.68 Å². The van der Waals surface area contributed by atoms with Gasteiger partial charge in [0.15, 0.2) is 0 Å². The van der Waals surface area contributed by atoms with Crippen LogP contribution in [0.5, 0.6) is 0 Å². The van der Waals surface area contributed by atoms with Crippen molar-refractivity contribution < 1.29 is 0 Å². The Hall–Kier alpha value is -1.37. The Balaban J connectivity index is 1.51. The summed E-state index contributed by atoms with van der Waals surface area (Å²) in [6.07, 6.45) is 0. The number of hydrogen-bond acceptors (Lipinski definition) is 5. The number of nitrogens with one attached hydrogen (secondary N) is 2. The third kappa shape index (κ3) is 3.51. The highest BCUT2D eigenvalue weighted by molar-refractivity contribution is 7.07. The largest absolute Gasteiger partial charge is 0.370 e. The topological polar surface area (TPSA) is 45.1 Å². The summed E-state index contributed by atoms with van der Waals surface area (Å²) >= 11 is 1.77. The molecule has 0 aromatic carbocycles. The molecule has 3 heterocycles. The number of likely N-dealkylation sites (N-methyl/N-ethyl adjacent to an activating group) is 1. The van der Waals surface area contributed by atoms with Gasteiger partial charge in [-0.15, -0.1) is 0 Å². The van der Waals surface area contributed by atoms with E-state index in [1.807, 2.05) is 6.92 Å². The van der Waals surface area contributed by atoms with Gasteiger partial charge in [-0.05, 0) is 43.4 Å². The first-order valence-electron chi connectivity index (χ1n) is 7.81. The molecule has 2 aromatic rings. The maximum atomic E-state index is 4.53. The molecule has 2 aromatic heterocycles. The van der Waals surface area contributed by atoms with E-state index >= 15 is 0 Å². The SMILES string of the molecule is Cc1cc2n(n1)C[C@@H](CNC[C@@H](c1ccsc1)N(C)C)CN2. The van der Waals surface area contributed by atoms with Crippen molar-refractivity contribution in [1.29, 1.82) is 0 Å². The molecule has 2 N–H and O–H groups in total. The number of hydrogen-bond donors (Lipinski definition) is 2. The Kier molecular flexibility index (Phi) is 4.81. The molecule has 0 saturated heterocycles. The van der Waals surface area contributed by atoms with E-state index in [0.29, 0.717) is 12.0 Å². The average Bonchev–Trinajstić information content (AvgIpc) is 3.10. The average molecular weight is 319 g/mol. The molecule has 22 heavy (non-hydrogen) atoms. The monoisotopic (exact) mass is 319 g/mol. The summed E-state index contributed by atoms with van der Waals surface area (Å²) in [5.41, 5.74) is 2.48. The van der Waals surface area contributed by atoms with Crippen molar-refractivity contribution in [3.63, 3.8) is 0 Å². The Labute approximate surface area is 136 Å². The van der Waals surface area contributed by atoms with E-state index in [2.05, 4.69) is 62.3 Å². The van der Waals surface area contributed by atoms with E-state index < -0.39 is 0 Å². The van der Waals surface area contributed by atoms with Crippen LogP contribution in [0.15, 0.2) is 22.9 Å². The lowest BCUT2D eigenvalue weighted by Gasteiger charge is -2.28. The molecule has 0 unspecified atom stereocenters. The number of anilines is 1. The normalized spacial score (nSPS) is 19.0. The van der Waals surface area contributed by atoms with Gasteiger partial charge in [0.1, 0.15) is 5.82 Å². The van der Waals surface area contributed by atoms with Gasteiger partial charge in [-0.2, -0.15) is 16.4 Å². The van der Waals surface area contributed by atoms with Crippen LogP contribution in [0.1, 0.15) is 17.3 Å². The predicted molar refractivity (Wildman–Crippen MR) is 92.6 cm³/mol. The van der Waals surface area contributed by atoms with E-state index in [0.717, 1.165) is 37.7 Å². The van der Waals surface area contributed by atoms with Gasteiger partial charge in [0, 0.05) is 44.2 Å². The molecule has 1 aliphatic heterocycles. The Morgan fingerprint density at radius 3 is 3.14 bits per heavy atom. The van der Waals surface area contributed by atoms with Crippen molar-refractivity contribution in [1.82, 2.24) is 20.0 Å². The molecule has 0 bridgehead atoms. The molecule has 120 valence electrons. The highest BCUT2D eigenvalue weighted by Crippen LogP contribution is 2.21. The summed E-state index contributed by atoms with van der Waals surface area (Å²) in [6, 6.07) is 4.77. The van der Waals surface area contributed by atoms with Crippen molar-refractivity contribution >= 4 is 17.2 Å². The lowest BCUT2D eigenvalue weighted by Crippen LogP contribution is -2.38. The zero-order valence-electron chi connectivity index (χ0n) is 13.5. The first kappa shape index (κ1) is 15.5. The van der Waals surface area contributed by atoms with Crippen LogP contribution >= 0.6 is 11.3 Å². The van der Waals surface area contributed by atoms with Crippen LogP contribution in [0.2, 0.25) is 0 Å². The number of thiophene rings is 1. The zero-order chi connectivity index (χ0) is 15.5. The van der Waals surface area contributed by atoms with E-state index in [1.165, 1.54) is 5.56 Å². The van der Waals surface area contributed by atoms with E-state index in [-0.39, 0.29) is 0 Å². The number of nitrogens with zero attached hydrogens (tertiary/aromatic N) is 3. The van der Waals surface area contributed by atoms with Crippen molar-refractivity contribution in [2.45, 2.75) is 19.5 Å². The fraction of sp³-hybridized carbons (Fsp3) is 0.562. The molecule has 0 fully saturated rings. The quantitative estimate of drug-likeness (QED) is 0.857. The first-order chi connectivity index (χ1) is 10.6. The standard InChI is InChI=1S/C16H25N5S/c1-12-6-16-18-8-13(10-21(16)19-12)7-17-9-15(20(2)3)14-4-5-22-11-14/h4-6,11,13,15,17-18H,7-10H2,1-3H3/t13-,15-/m0/s1.